The summed E-state index contributed by atoms with van der Waals surface area (Å²) in [6.07, 6.45) is 0.584. The molecule has 1 aromatic rings. The number of hydrogen-bond acceptors (Lipinski definition) is 3. The van der Waals surface area contributed by atoms with Crippen molar-refractivity contribution < 1.29 is 9.90 Å². The summed E-state index contributed by atoms with van der Waals surface area (Å²) in [5.41, 5.74) is 6.58. The van der Waals surface area contributed by atoms with Gasteiger partial charge in [-0.25, -0.2) is 0 Å². The second-order valence-corrected chi connectivity index (χ2v) is 3.31. The molecule has 0 aliphatic rings. The van der Waals surface area contributed by atoms with Gasteiger partial charge in [0, 0.05) is 25.5 Å². The maximum absolute atomic E-state index is 10.6. The molecule has 0 spiro atoms. The fourth-order valence-corrected chi connectivity index (χ4v) is 1.10. The molecule has 1 rings (SSSR count). The Morgan fingerprint density at radius 3 is 2.94 bits per heavy atom. The molecule has 16 heavy (non-hydrogen) atoms. The van der Waals surface area contributed by atoms with Gasteiger partial charge in [0.2, 0.25) is 5.91 Å². The van der Waals surface area contributed by atoms with Crippen LogP contribution in [0.5, 0.6) is 5.75 Å². The highest BCUT2D eigenvalue weighted by atomic mass is 16.3. The van der Waals surface area contributed by atoms with E-state index < -0.39 is 0 Å². The lowest BCUT2D eigenvalue weighted by molar-refractivity contribution is -0.118. The highest BCUT2D eigenvalue weighted by Crippen LogP contribution is 2.19. The lowest BCUT2D eigenvalue weighted by Crippen LogP contribution is -2.20. The van der Waals surface area contributed by atoms with Crippen LogP contribution in [0.15, 0.2) is 18.2 Å². The van der Waals surface area contributed by atoms with Crippen LogP contribution >= 0.6 is 0 Å². The first-order valence-electron chi connectivity index (χ1n) is 4.91. The Kier molecular flexibility index (Phi) is 4.22. The minimum Gasteiger partial charge on any atom is -0.506 e. The molecule has 1 aromatic carbocycles. The van der Waals surface area contributed by atoms with Gasteiger partial charge in [-0.1, -0.05) is 11.8 Å². The van der Waals surface area contributed by atoms with Crippen molar-refractivity contribution in [1.82, 2.24) is 5.32 Å². The molecule has 0 bridgehead atoms. The number of nitrogens with one attached hydrogen (secondary N) is 1. The summed E-state index contributed by atoms with van der Waals surface area (Å²) in [6.45, 7) is 2.00. The average molecular weight is 218 g/mol. The zero-order valence-corrected chi connectivity index (χ0v) is 9.08. The van der Waals surface area contributed by atoms with Crippen LogP contribution in [0.3, 0.4) is 0 Å². The summed E-state index contributed by atoms with van der Waals surface area (Å²) in [6, 6.07) is 4.81. The fourth-order valence-electron chi connectivity index (χ4n) is 1.10. The molecule has 0 saturated heterocycles. The van der Waals surface area contributed by atoms with E-state index in [1.165, 1.54) is 13.0 Å². The Balaban J connectivity index is 2.50. The Morgan fingerprint density at radius 2 is 2.31 bits per heavy atom. The van der Waals surface area contributed by atoms with Crippen molar-refractivity contribution in [3.05, 3.63) is 23.8 Å². The SMILES string of the molecule is CC(=O)NCCC#Cc1ccc(O)c(N)c1. The molecule has 0 atom stereocenters. The molecule has 0 aliphatic carbocycles. The van der Waals surface area contributed by atoms with Gasteiger partial charge in [0.1, 0.15) is 5.75 Å². The molecule has 0 fully saturated rings. The molecule has 4 nitrogen and oxygen atoms in total. The summed E-state index contributed by atoms with van der Waals surface area (Å²) in [7, 11) is 0. The van der Waals surface area contributed by atoms with Crippen molar-refractivity contribution in [1.29, 1.82) is 0 Å². The molecule has 0 heterocycles. The Labute approximate surface area is 94.5 Å². The predicted octanol–water partition coefficient (Wildman–Crippen LogP) is 0.852. The van der Waals surface area contributed by atoms with Crippen molar-refractivity contribution in [3.8, 4) is 17.6 Å². The number of carbonyl (C=O) groups excluding carboxylic acids is 1. The van der Waals surface area contributed by atoms with E-state index in [-0.39, 0.29) is 11.7 Å². The van der Waals surface area contributed by atoms with Gasteiger partial charge in [-0.3, -0.25) is 4.79 Å². The van der Waals surface area contributed by atoms with Crippen LogP contribution in [0.4, 0.5) is 5.69 Å². The molecule has 84 valence electrons. The summed E-state index contributed by atoms with van der Waals surface area (Å²) < 4.78 is 0. The number of anilines is 1. The number of benzene rings is 1. The highest BCUT2D eigenvalue weighted by Gasteiger charge is 1.95. The molecule has 0 radical (unpaired) electrons. The van der Waals surface area contributed by atoms with Gasteiger partial charge in [0.15, 0.2) is 0 Å². The van der Waals surface area contributed by atoms with E-state index in [2.05, 4.69) is 17.2 Å². The van der Waals surface area contributed by atoms with E-state index in [0.717, 1.165) is 5.56 Å². The highest BCUT2D eigenvalue weighted by molar-refractivity contribution is 5.72. The smallest absolute Gasteiger partial charge is 0.216 e. The molecule has 0 aliphatic heterocycles. The van der Waals surface area contributed by atoms with Crippen LogP contribution in [0, 0.1) is 11.8 Å². The minimum absolute atomic E-state index is 0.0591. The third kappa shape index (κ3) is 3.93. The third-order valence-corrected chi connectivity index (χ3v) is 1.88. The van der Waals surface area contributed by atoms with Gasteiger partial charge in [0.25, 0.3) is 0 Å². The number of hydrogen-bond donors (Lipinski definition) is 3. The van der Waals surface area contributed by atoms with E-state index in [0.29, 0.717) is 18.7 Å². The van der Waals surface area contributed by atoms with E-state index in [1.807, 2.05) is 0 Å². The summed E-state index contributed by atoms with van der Waals surface area (Å²) in [4.78, 5) is 10.6. The first-order chi connectivity index (χ1) is 7.59. The van der Waals surface area contributed by atoms with Crippen LogP contribution < -0.4 is 11.1 Å². The van der Waals surface area contributed by atoms with E-state index in [4.69, 9.17) is 5.73 Å². The number of carbonyl (C=O) groups is 1. The normalized spacial score (nSPS) is 9.06. The van der Waals surface area contributed by atoms with Gasteiger partial charge in [0.05, 0.1) is 5.69 Å². The number of phenolic OH excluding ortho intramolecular Hbond substituents is 1. The largest absolute Gasteiger partial charge is 0.506 e. The first kappa shape index (κ1) is 11.9. The zero-order chi connectivity index (χ0) is 12.0. The fraction of sp³-hybridized carbons (Fsp3) is 0.250. The quantitative estimate of drug-likeness (QED) is 0.298. The van der Waals surface area contributed by atoms with Crippen molar-refractivity contribution in [2.45, 2.75) is 13.3 Å². The Morgan fingerprint density at radius 1 is 1.56 bits per heavy atom. The minimum atomic E-state index is -0.0596. The third-order valence-electron chi connectivity index (χ3n) is 1.88. The molecule has 0 unspecified atom stereocenters. The van der Waals surface area contributed by atoms with Crippen LogP contribution in [0.2, 0.25) is 0 Å². The monoisotopic (exact) mass is 218 g/mol. The van der Waals surface area contributed by atoms with Gasteiger partial charge < -0.3 is 16.2 Å². The average Bonchev–Trinajstić information content (AvgIpc) is 2.22. The Hall–Kier alpha value is -2.15. The second kappa shape index (κ2) is 5.66. The number of phenols is 1. The number of aromatic hydroxyl groups is 1. The maximum Gasteiger partial charge on any atom is 0.216 e. The number of amides is 1. The van der Waals surface area contributed by atoms with Gasteiger partial charge in [-0.05, 0) is 18.2 Å². The van der Waals surface area contributed by atoms with Crippen molar-refractivity contribution >= 4 is 11.6 Å². The molecular weight excluding hydrogens is 204 g/mol. The van der Waals surface area contributed by atoms with Crippen molar-refractivity contribution in [2.24, 2.45) is 0 Å². The van der Waals surface area contributed by atoms with Gasteiger partial charge in [-0.2, -0.15) is 0 Å². The lowest BCUT2D eigenvalue weighted by atomic mass is 10.2. The zero-order valence-electron chi connectivity index (χ0n) is 9.08. The lowest BCUT2D eigenvalue weighted by Gasteiger charge is -1.98. The second-order valence-electron chi connectivity index (χ2n) is 3.31. The molecule has 0 saturated carbocycles. The summed E-state index contributed by atoms with van der Waals surface area (Å²) in [5.74, 6) is 5.80. The van der Waals surface area contributed by atoms with Crippen LogP contribution in [-0.4, -0.2) is 17.6 Å². The molecular formula is C12H14N2O2. The van der Waals surface area contributed by atoms with Crippen LogP contribution in [0.1, 0.15) is 18.9 Å². The van der Waals surface area contributed by atoms with E-state index in [9.17, 15) is 9.90 Å². The van der Waals surface area contributed by atoms with Crippen molar-refractivity contribution in [3.63, 3.8) is 0 Å². The van der Waals surface area contributed by atoms with Crippen LogP contribution in [0.25, 0.3) is 0 Å². The number of rotatable bonds is 2. The molecule has 0 aromatic heterocycles. The maximum atomic E-state index is 10.6. The molecule has 4 N–H and O–H groups in total. The van der Waals surface area contributed by atoms with Gasteiger partial charge in [-0.15, -0.1) is 0 Å². The van der Waals surface area contributed by atoms with E-state index >= 15 is 0 Å². The number of nitrogens with two attached hydrogens (primary N) is 1. The predicted molar refractivity (Wildman–Crippen MR) is 62.7 cm³/mol. The molecule has 4 heteroatoms. The topological polar surface area (TPSA) is 75.3 Å². The van der Waals surface area contributed by atoms with Gasteiger partial charge >= 0.3 is 0 Å². The number of nitrogen functional groups attached to an aromatic ring is 1. The standard InChI is InChI=1S/C12H14N2O2/c1-9(15)14-7-3-2-4-10-5-6-12(16)11(13)8-10/h5-6,8,16H,3,7,13H2,1H3,(H,14,15). The first-order valence-corrected chi connectivity index (χ1v) is 4.91. The Bertz CT molecular complexity index is 444. The van der Waals surface area contributed by atoms with Crippen LogP contribution in [-0.2, 0) is 4.79 Å². The van der Waals surface area contributed by atoms with E-state index in [1.54, 1.807) is 12.1 Å². The molecule has 1 amide bonds. The summed E-state index contributed by atoms with van der Waals surface area (Å²) >= 11 is 0. The van der Waals surface area contributed by atoms with Crippen molar-refractivity contribution in [2.75, 3.05) is 12.3 Å². The summed E-state index contributed by atoms with van der Waals surface area (Å²) in [5, 5.41) is 11.8.